The minimum atomic E-state index is -0.370. The lowest BCUT2D eigenvalue weighted by atomic mass is 10.1. The van der Waals surface area contributed by atoms with Gasteiger partial charge < -0.3 is 19.4 Å². The maximum atomic E-state index is 14.2. The van der Waals surface area contributed by atoms with Gasteiger partial charge in [-0.15, -0.1) is 0 Å². The van der Waals surface area contributed by atoms with Crippen LogP contribution in [-0.2, 0) is 4.74 Å². The van der Waals surface area contributed by atoms with Gasteiger partial charge in [-0.3, -0.25) is 0 Å². The summed E-state index contributed by atoms with van der Waals surface area (Å²) in [5, 5.41) is 0. The van der Waals surface area contributed by atoms with Crippen molar-refractivity contribution in [1.29, 1.82) is 0 Å². The summed E-state index contributed by atoms with van der Waals surface area (Å²) in [6, 6.07) is 10.5. The van der Waals surface area contributed by atoms with Gasteiger partial charge >= 0.3 is 0 Å². The molecule has 7 heteroatoms. The van der Waals surface area contributed by atoms with Gasteiger partial charge in [-0.1, -0.05) is 18.2 Å². The lowest BCUT2D eigenvalue weighted by Gasteiger charge is -2.29. The van der Waals surface area contributed by atoms with Gasteiger partial charge in [0.1, 0.15) is 0 Å². The Balaban J connectivity index is 1.40. The molecule has 1 aromatic carbocycles. The lowest BCUT2D eigenvalue weighted by molar-refractivity contribution is 0.122. The van der Waals surface area contributed by atoms with Gasteiger partial charge in [-0.05, 0) is 24.5 Å². The number of hydrogen-bond acceptors (Lipinski definition) is 6. The van der Waals surface area contributed by atoms with E-state index in [4.69, 9.17) is 4.74 Å². The van der Waals surface area contributed by atoms with E-state index in [-0.39, 0.29) is 5.82 Å². The van der Waals surface area contributed by atoms with Crippen LogP contribution in [0.4, 0.5) is 21.8 Å². The van der Waals surface area contributed by atoms with Gasteiger partial charge in [0.05, 0.1) is 19.4 Å². The zero-order chi connectivity index (χ0) is 18.6. The Morgan fingerprint density at radius 3 is 2.70 bits per heavy atom. The Hall–Kier alpha value is -2.41. The molecule has 0 saturated carbocycles. The Bertz CT molecular complexity index is 753. The van der Waals surface area contributed by atoms with Crippen LogP contribution in [0.25, 0.3) is 0 Å². The van der Waals surface area contributed by atoms with Crippen LogP contribution < -0.4 is 14.7 Å². The lowest BCUT2D eigenvalue weighted by Crippen LogP contribution is -2.38. The number of morpholine rings is 1. The third-order valence-corrected chi connectivity index (χ3v) is 5.30. The monoisotopic (exact) mass is 371 g/mol. The van der Waals surface area contributed by atoms with Gasteiger partial charge in [0.25, 0.3) is 0 Å². The summed E-state index contributed by atoms with van der Waals surface area (Å²) in [6.45, 7) is 5.46. The summed E-state index contributed by atoms with van der Waals surface area (Å²) in [5.41, 5.74) is 1.27. The van der Waals surface area contributed by atoms with E-state index in [0.29, 0.717) is 44.0 Å². The highest BCUT2D eigenvalue weighted by atomic mass is 19.1. The second-order valence-corrected chi connectivity index (χ2v) is 7.26. The maximum Gasteiger partial charge on any atom is 0.227 e. The second kappa shape index (κ2) is 8.08. The molecule has 2 aliphatic rings. The van der Waals surface area contributed by atoms with Gasteiger partial charge in [0.15, 0.2) is 11.6 Å². The van der Waals surface area contributed by atoms with Gasteiger partial charge in [0, 0.05) is 45.5 Å². The highest BCUT2D eigenvalue weighted by molar-refractivity contribution is 5.48. The van der Waals surface area contributed by atoms with Crippen molar-refractivity contribution in [2.75, 3.05) is 67.7 Å². The number of hydrogen-bond donors (Lipinski definition) is 0. The first-order valence-electron chi connectivity index (χ1n) is 9.57. The fourth-order valence-electron chi connectivity index (χ4n) is 3.85. The molecular weight excluding hydrogens is 345 g/mol. The number of benzene rings is 1. The van der Waals surface area contributed by atoms with Crippen molar-refractivity contribution in [3.63, 3.8) is 0 Å². The Kier molecular flexibility index (Phi) is 5.38. The summed E-state index contributed by atoms with van der Waals surface area (Å²) < 4.78 is 19.6. The number of para-hydroxylation sites is 1. The average molecular weight is 371 g/mol. The van der Waals surface area contributed by atoms with Crippen LogP contribution in [-0.4, -0.2) is 63.0 Å². The highest BCUT2D eigenvalue weighted by Crippen LogP contribution is 2.25. The molecule has 2 aromatic rings. The molecule has 2 aliphatic heterocycles. The minimum Gasteiger partial charge on any atom is -0.378 e. The summed E-state index contributed by atoms with van der Waals surface area (Å²) in [5.74, 6) is 1.13. The van der Waals surface area contributed by atoms with Crippen LogP contribution in [0.5, 0.6) is 0 Å². The van der Waals surface area contributed by atoms with Crippen LogP contribution in [0.15, 0.2) is 36.5 Å². The van der Waals surface area contributed by atoms with Crippen LogP contribution in [0.2, 0.25) is 0 Å². The number of aromatic nitrogens is 2. The van der Waals surface area contributed by atoms with E-state index in [2.05, 4.69) is 39.1 Å². The van der Waals surface area contributed by atoms with E-state index in [1.807, 2.05) is 22.9 Å². The number of rotatable bonds is 5. The molecule has 1 aromatic heterocycles. The van der Waals surface area contributed by atoms with Crippen molar-refractivity contribution in [1.82, 2.24) is 9.97 Å². The zero-order valence-electron chi connectivity index (χ0n) is 15.7. The molecule has 0 N–H and O–H groups in total. The molecule has 0 bridgehead atoms. The van der Waals surface area contributed by atoms with Crippen LogP contribution in [0, 0.1) is 11.7 Å². The summed E-state index contributed by atoms with van der Waals surface area (Å²) >= 11 is 0. The minimum absolute atomic E-state index is 0.370. The molecule has 27 heavy (non-hydrogen) atoms. The van der Waals surface area contributed by atoms with Crippen LogP contribution >= 0.6 is 0 Å². The predicted molar refractivity (Wildman–Crippen MR) is 105 cm³/mol. The molecule has 3 heterocycles. The number of anilines is 3. The maximum absolute atomic E-state index is 14.2. The normalized spacial score (nSPS) is 20.1. The molecule has 0 amide bonds. The van der Waals surface area contributed by atoms with Gasteiger partial charge in [-0.2, -0.15) is 4.98 Å². The van der Waals surface area contributed by atoms with Crippen LogP contribution in [0.1, 0.15) is 6.42 Å². The Morgan fingerprint density at radius 2 is 1.93 bits per heavy atom. The first-order valence-corrected chi connectivity index (χ1v) is 9.57. The van der Waals surface area contributed by atoms with Crippen molar-refractivity contribution >= 4 is 17.5 Å². The second-order valence-electron chi connectivity index (χ2n) is 7.26. The number of nitrogens with zero attached hydrogens (tertiary/aromatic N) is 5. The number of halogens is 1. The van der Waals surface area contributed by atoms with Gasteiger partial charge in [-0.25, -0.2) is 9.37 Å². The largest absolute Gasteiger partial charge is 0.378 e. The van der Waals surface area contributed by atoms with E-state index in [9.17, 15) is 4.39 Å². The van der Waals surface area contributed by atoms with Crippen molar-refractivity contribution < 1.29 is 9.13 Å². The SMILES string of the molecule is CN(CC1CCN(c2ccccc2)C1)c1ncc(F)c(N2CCOCC2)n1. The number of ether oxygens (including phenoxy) is 1. The fourth-order valence-corrected chi connectivity index (χ4v) is 3.85. The van der Waals surface area contributed by atoms with Crippen LogP contribution in [0.3, 0.4) is 0 Å². The molecule has 2 fully saturated rings. The van der Waals surface area contributed by atoms with E-state index >= 15 is 0 Å². The fraction of sp³-hybridized carbons (Fsp3) is 0.500. The smallest absolute Gasteiger partial charge is 0.227 e. The molecule has 144 valence electrons. The van der Waals surface area contributed by atoms with E-state index in [1.54, 1.807) is 0 Å². The molecular formula is C20H26FN5O. The van der Waals surface area contributed by atoms with Crippen molar-refractivity contribution in [2.24, 2.45) is 5.92 Å². The molecule has 1 unspecified atom stereocenters. The molecule has 0 spiro atoms. The van der Waals surface area contributed by atoms with E-state index in [1.165, 1.54) is 11.9 Å². The molecule has 2 saturated heterocycles. The predicted octanol–water partition coefficient (Wildman–Crippen LogP) is 2.42. The zero-order valence-corrected chi connectivity index (χ0v) is 15.7. The van der Waals surface area contributed by atoms with Crippen molar-refractivity contribution in [3.8, 4) is 0 Å². The van der Waals surface area contributed by atoms with E-state index < -0.39 is 0 Å². The highest BCUT2D eigenvalue weighted by Gasteiger charge is 2.25. The summed E-state index contributed by atoms with van der Waals surface area (Å²) in [6.07, 6.45) is 2.42. The molecule has 0 aliphatic carbocycles. The third kappa shape index (κ3) is 4.13. The topological polar surface area (TPSA) is 44.7 Å². The standard InChI is InChI=1S/C20H26FN5O/c1-24(14-16-7-8-26(15-16)17-5-3-2-4-6-17)20-22-13-18(21)19(23-20)25-9-11-27-12-10-25/h2-6,13,16H,7-12,14-15H2,1H3. The Morgan fingerprint density at radius 1 is 1.15 bits per heavy atom. The average Bonchev–Trinajstić information content (AvgIpc) is 3.18. The Labute approximate surface area is 159 Å². The summed E-state index contributed by atoms with van der Waals surface area (Å²) in [4.78, 5) is 15.1. The quantitative estimate of drug-likeness (QED) is 0.804. The van der Waals surface area contributed by atoms with E-state index in [0.717, 1.165) is 26.1 Å². The van der Waals surface area contributed by atoms with Crippen molar-refractivity contribution in [2.45, 2.75) is 6.42 Å². The molecule has 0 radical (unpaired) electrons. The molecule has 6 nitrogen and oxygen atoms in total. The first-order chi connectivity index (χ1) is 13.2. The summed E-state index contributed by atoms with van der Waals surface area (Å²) in [7, 11) is 1.99. The molecule has 4 rings (SSSR count). The third-order valence-electron chi connectivity index (χ3n) is 5.30. The van der Waals surface area contributed by atoms with Gasteiger partial charge in [0.2, 0.25) is 5.95 Å². The first kappa shape index (κ1) is 18.0. The molecule has 1 atom stereocenters. The van der Waals surface area contributed by atoms with Crippen molar-refractivity contribution in [3.05, 3.63) is 42.3 Å².